The average Bonchev–Trinajstić information content (AvgIpc) is 2.52. The molecule has 2 atom stereocenters. The van der Waals surface area contributed by atoms with Crippen LogP contribution in [-0.4, -0.2) is 10.6 Å². The highest BCUT2D eigenvalue weighted by atomic mass is 31.1. The second-order valence-electron chi connectivity index (χ2n) is 3.90. The van der Waals surface area contributed by atoms with Gasteiger partial charge in [0, 0.05) is 5.41 Å². The molecule has 0 radical (unpaired) electrons. The molecule has 70 valence electrons. The largest absolute Gasteiger partial charge is 0.508 e. The Hall–Kier alpha value is 0.0600. The summed E-state index contributed by atoms with van der Waals surface area (Å²) in [6, 6.07) is 0. The summed E-state index contributed by atoms with van der Waals surface area (Å²) in [4.78, 5) is 9.09. The smallest absolute Gasteiger partial charge is 0.161 e. The number of hydrogen-bond acceptors (Lipinski definition) is 1. The third-order valence-corrected chi connectivity index (χ3v) is 4.73. The van der Waals surface area contributed by atoms with Gasteiger partial charge in [-0.1, -0.05) is 19.8 Å². The second-order valence-corrected chi connectivity index (χ2v) is 5.28. The van der Waals surface area contributed by atoms with Gasteiger partial charge in [0.15, 0.2) is 5.66 Å². The van der Waals surface area contributed by atoms with Gasteiger partial charge in [-0.3, -0.25) is 0 Å². The van der Waals surface area contributed by atoms with E-state index in [1.54, 1.807) is 0 Å². The molecular formula is C9H18O2P+. The Bertz CT molecular complexity index is 173. The monoisotopic (exact) mass is 189 g/mol. The minimum Gasteiger partial charge on any atom is -0.161 e. The van der Waals surface area contributed by atoms with Gasteiger partial charge in [0.2, 0.25) is 0 Å². The molecule has 1 rings (SSSR count). The highest BCUT2D eigenvalue weighted by Gasteiger charge is 2.47. The SMILES string of the molecule is CCC1(C(C)[P+](=O)O)CCCC1. The van der Waals surface area contributed by atoms with Crippen molar-refractivity contribution in [1.82, 2.24) is 0 Å². The Balaban J connectivity index is 2.71. The van der Waals surface area contributed by atoms with Crippen LogP contribution >= 0.6 is 8.03 Å². The molecule has 0 heterocycles. The molecule has 0 aromatic heterocycles. The minimum absolute atomic E-state index is 0.0139. The van der Waals surface area contributed by atoms with Gasteiger partial charge in [0.05, 0.1) is 0 Å². The molecule has 0 spiro atoms. The molecule has 1 fully saturated rings. The Morgan fingerprint density at radius 2 is 2.00 bits per heavy atom. The third kappa shape index (κ3) is 1.70. The van der Waals surface area contributed by atoms with Gasteiger partial charge in [-0.15, -0.1) is 0 Å². The zero-order valence-electron chi connectivity index (χ0n) is 7.92. The summed E-state index contributed by atoms with van der Waals surface area (Å²) in [5.41, 5.74) is 0.169. The Labute approximate surface area is 75.2 Å². The van der Waals surface area contributed by atoms with Crippen LogP contribution in [0.2, 0.25) is 0 Å². The average molecular weight is 189 g/mol. The molecule has 12 heavy (non-hydrogen) atoms. The third-order valence-electron chi connectivity index (χ3n) is 3.52. The van der Waals surface area contributed by atoms with E-state index in [9.17, 15) is 4.57 Å². The molecule has 1 aliphatic rings. The van der Waals surface area contributed by atoms with Crippen LogP contribution in [0.25, 0.3) is 0 Å². The van der Waals surface area contributed by atoms with Crippen LogP contribution in [0.15, 0.2) is 0 Å². The first kappa shape index (κ1) is 10.1. The summed E-state index contributed by atoms with van der Waals surface area (Å²) < 4.78 is 11.0. The molecular weight excluding hydrogens is 171 g/mol. The molecule has 0 aliphatic heterocycles. The van der Waals surface area contributed by atoms with Crippen molar-refractivity contribution in [3.05, 3.63) is 0 Å². The van der Waals surface area contributed by atoms with Crippen LogP contribution in [0.5, 0.6) is 0 Å². The van der Waals surface area contributed by atoms with Crippen molar-refractivity contribution in [1.29, 1.82) is 0 Å². The van der Waals surface area contributed by atoms with Crippen LogP contribution in [0.4, 0.5) is 0 Å². The molecule has 0 aromatic rings. The topological polar surface area (TPSA) is 37.3 Å². The molecule has 1 saturated carbocycles. The van der Waals surface area contributed by atoms with Gasteiger partial charge >= 0.3 is 8.03 Å². The fourth-order valence-corrected chi connectivity index (χ4v) is 3.29. The summed E-state index contributed by atoms with van der Waals surface area (Å²) in [5, 5.41) is 0. The van der Waals surface area contributed by atoms with Gasteiger partial charge in [-0.2, -0.15) is 4.89 Å². The van der Waals surface area contributed by atoms with Crippen LogP contribution in [0.3, 0.4) is 0 Å². The lowest BCUT2D eigenvalue weighted by molar-refractivity contribution is 0.267. The number of rotatable bonds is 3. The van der Waals surface area contributed by atoms with Gasteiger partial charge < -0.3 is 0 Å². The highest BCUT2D eigenvalue weighted by molar-refractivity contribution is 7.38. The quantitative estimate of drug-likeness (QED) is 0.692. The van der Waals surface area contributed by atoms with Crippen molar-refractivity contribution in [3.8, 4) is 0 Å². The van der Waals surface area contributed by atoms with E-state index in [1.165, 1.54) is 12.8 Å². The van der Waals surface area contributed by atoms with Gasteiger partial charge in [-0.05, 0) is 30.8 Å². The lowest BCUT2D eigenvalue weighted by Gasteiger charge is -2.26. The second kappa shape index (κ2) is 3.85. The maximum absolute atomic E-state index is 11.0. The van der Waals surface area contributed by atoms with E-state index in [0.717, 1.165) is 19.3 Å². The van der Waals surface area contributed by atoms with Crippen molar-refractivity contribution < 1.29 is 9.46 Å². The van der Waals surface area contributed by atoms with E-state index in [2.05, 4.69) is 6.92 Å². The first-order valence-electron chi connectivity index (χ1n) is 4.77. The molecule has 2 nitrogen and oxygen atoms in total. The summed E-state index contributed by atoms with van der Waals surface area (Å²) in [5.74, 6) is 0. The Morgan fingerprint density at radius 1 is 1.50 bits per heavy atom. The van der Waals surface area contributed by atoms with Gasteiger partial charge in [-0.25, -0.2) is 0 Å². The molecule has 0 bridgehead atoms. The zero-order chi connectivity index (χ0) is 9.19. The normalized spacial score (nSPS) is 25.4. The van der Waals surface area contributed by atoms with Crippen molar-refractivity contribution >= 4 is 8.03 Å². The molecule has 0 amide bonds. The van der Waals surface area contributed by atoms with Crippen LogP contribution in [0, 0.1) is 5.41 Å². The van der Waals surface area contributed by atoms with E-state index < -0.39 is 8.03 Å². The fourth-order valence-electron chi connectivity index (χ4n) is 2.38. The van der Waals surface area contributed by atoms with Crippen molar-refractivity contribution in [2.24, 2.45) is 5.41 Å². The minimum atomic E-state index is -1.98. The van der Waals surface area contributed by atoms with E-state index in [0.29, 0.717) is 0 Å². The van der Waals surface area contributed by atoms with Crippen molar-refractivity contribution in [2.75, 3.05) is 0 Å². The lowest BCUT2D eigenvalue weighted by Crippen LogP contribution is -2.26. The molecule has 0 saturated heterocycles. The molecule has 0 aromatic carbocycles. The van der Waals surface area contributed by atoms with Crippen molar-refractivity contribution in [2.45, 2.75) is 51.6 Å². The predicted molar refractivity (Wildman–Crippen MR) is 50.5 cm³/mol. The van der Waals surface area contributed by atoms with Gasteiger partial charge in [0.25, 0.3) is 0 Å². The Kier molecular flexibility index (Phi) is 3.25. The van der Waals surface area contributed by atoms with E-state index >= 15 is 0 Å². The first-order valence-corrected chi connectivity index (χ1v) is 6.06. The summed E-state index contributed by atoms with van der Waals surface area (Å²) in [7, 11) is -1.98. The predicted octanol–water partition coefficient (Wildman–Crippen LogP) is 3.08. The summed E-state index contributed by atoms with van der Waals surface area (Å²) in [6.07, 6.45) is 5.82. The molecule has 1 N–H and O–H groups in total. The maximum atomic E-state index is 11.0. The summed E-state index contributed by atoms with van der Waals surface area (Å²) in [6.45, 7) is 4.06. The van der Waals surface area contributed by atoms with Crippen LogP contribution in [-0.2, 0) is 4.57 Å². The molecule has 1 aliphatic carbocycles. The van der Waals surface area contributed by atoms with E-state index in [-0.39, 0.29) is 11.1 Å². The van der Waals surface area contributed by atoms with E-state index in [4.69, 9.17) is 4.89 Å². The number of hydrogen-bond donors (Lipinski definition) is 1. The van der Waals surface area contributed by atoms with Crippen molar-refractivity contribution in [3.63, 3.8) is 0 Å². The van der Waals surface area contributed by atoms with Crippen LogP contribution < -0.4 is 0 Å². The fraction of sp³-hybridized carbons (Fsp3) is 1.00. The lowest BCUT2D eigenvalue weighted by atomic mass is 9.80. The standard InChI is InChI=1S/C9H17O2P/c1-3-9(6-4-5-7-9)8(2)12(10)11/h8H,3-7H2,1-2H3/p+1. The Morgan fingerprint density at radius 3 is 2.33 bits per heavy atom. The first-order chi connectivity index (χ1) is 5.62. The maximum Gasteiger partial charge on any atom is 0.508 e. The van der Waals surface area contributed by atoms with Crippen LogP contribution in [0.1, 0.15) is 46.0 Å². The van der Waals surface area contributed by atoms with Gasteiger partial charge in [0.1, 0.15) is 0 Å². The highest BCUT2D eigenvalue weighted by Crippen LogP contribution is 2.50. The zero-order valence-corrected chi connectivity index (χ0v) is 8.81. The molecule has 2 unspecified atom stereocenters. The summed E-state index contributed by atoms with van der Waals surface area (Å²) >= 11 is 0. The van der Waals surface area contributed by atoms with E-state index in [1.807, 2.05) is 6.92 Å². The molecule has 3 heteroatoms.